The molecule has 1 heterocycles. The zero-order valence-electron chi connectivity index (χ0n) is 14.5. The summed E-state index contributed by atoms with van der Waals surface area (Å²) < 4.78 is 5.87. The molecule has 0 aliphatic heterocycles. The number of benzene rings is 3. The Balaban J connectivity index is 1.62. The molecule has 3 nitrogen and oxygen atoms in total. The first kappa shape index (κ1) is 16.4. The van der Waals surface area contributed by atoms with Crippen molar-refractivity contribution in [3.63, 3.8) is 0 Å². The van der Waals surface area contributed by atoms with Crippen molar-refractivity contribution in [2.45, 2.75) is 12.8 Å². The van der Waals surface area contributed by atoms with Crippen LogP contribution in [-0.4, -0.2) is 16.7 Å². The van der Waals surface area contributed by atoms with Gasteiger partial charge in [0.05, 0.1) is 5.52 Å². The van der Waals surface area contributed by atoms with Crippen molar-refractivity contribution in [3.05, 3.63) is 84.6 Å². The van der Waals surface area contributed by atoms with E-state index < -0.39 is 0 Å². The van der Waals surface area contributed by atoms with Crippen LogP contribution in [-0.2, 0) is 6.42 Å². The van der Waals surface area contributed by atoms with Crippen LogP contribution in [0.25, 0.3) is 22.0 Å². The van der Waals surface area contributed by atoms with Gasteiger partial charge in [0, 0.05) is 23.8 Å². The van der Waals surface area contributed by atoms with Gasteiger partial charge >= 0.3 is 0 Å². The fourth-order valence-corrected chi connectivity index (χ4v) is 3.26. The summed E-state index contributed by atoms with van der Waals surface area (Å²) in [5, 5.41) is 10.3. The Labute approximate surface area is 152 Å². The van der Waals surface area contributed by atoms with E-state index in [1.807, 2.05) is 42.5 Å². The largest absolute Gasteiger partial charge is 0.457 e. The number of aliphatic hydroxyl groups excluding tert-OH is 1. The first-order chi connectivity index (χ1) is 12.8. The molecule has 4 aromatic rings. The highest BCUT2D eigenvalue weighted by Gasteiger charge is 2.09. The second kappa shape index (κ2) is 7.46. The highest BCUT2D eigenvalue weighted by atomic mass is 16.5. The number of hydrogen-bond donors (Lipinski definition) is 2. The van der Waals surface area contributed by atoms with Crippen molar-refractivity contribution in [2.24, 2.45) is 0 Å². The van der Waals surface area contributed by atoms with Gasteiger partial charge in [0.2, 0.25) is 0 Å². The lowest BCUT2D eigenvalue weighted by molar-refractivity contribution is 0.289. The van der Waals surface area contributed by atoms with Crippen molar-refractivity contribution in [3.8, 4) is 22.6 Å². The van der Waals surface area contributed by atoms with Crippen LogP contribution in [0.15, 0.2) is 79.0 Å². The standard InChI is InChI=1S/C23H21NO2/c25-15-5-6-18-16-24-23-21(9-4-10-22(18)23)17-11-13-20(14-12-17)26-19-7-2-1-3-8-19/h1-4,7-14,16,24-25H,5-6,15H2. The number of H-pyrrole nitrogens is 1. The van der Waals surface area contributed by atoms with Crippen LogP contribution < -0.4 is 4.74 Å². The summed E-state index contributed by atoms with van der Waals surface area (Å²) in [6, 6.07) is 24.3. The third kappa shape index (κ3) is 3.35. The van der Waals surface area contributed by atoms with Gasteiger partial charge < -0.3 is 14.8 Å². The van der Waals surface area contributed by atoms with Crippen molar-refractivity contribution in [1.82, 2.24) is 4.98 Å². The molecule has 0 aliphatic carbocycles. The Kier molecular flexibility index (Phi) is 4.71. The summed E-state index contributed by atoms with van der Waals surface area (Å²) in [4.78, 5) is 3.41. The zero-order valence-corrected chi connectivity index (χ0v) is 14.5. The van der Waals surface area contributed by atoms with Gasteiger partial charge in [0.15, 0.2) is 0 Å². The molecule has 1 aromatic heterocycles. The molecular weight excluding hydrogens is 322 g/mol. The van der Waals surface area contributed by atoms with Gasteiger partial charge in [-0.05, 0) is 48.2 Å². The molecule has 0 amide bonds. The number of aliphatic hydroxyl groups is 1. The molecule has 0 saturated heterocycles. The van der Waals surface area contributed by atoms with Gasteiger partial charge in [-0.1, -0.05) is 48.5 Å². The molecule has 130 valence electrons. The third-order valence-corrected chi connectivity index (χ3v) is 4.55. The topological polar surface area (TPSA) is 45.2 Å². The summed E-state index contributed by atoms with van der Waals surface area (Å²) in [6.07, 6.45) is 3.71. The Morgan fingerprint density at radius 1 is 0.808 bits per heavy atom. The molecule has 0 bridgehead atoms. The van der Waals surface area contributed by atoms with Crippen LogP contribution in [0.4, 0.5) is 0 Å². The third-order valence-electron chi connectivity index (χ3n) is 4.55. The van der Waals surface area contributed by atoms with Crippen molar-refractivity contribution < 1.29 is 9.84 Å². The number of fused-ring (bicyclic) bond motifs is 1. The number of aromatic amines is 1. The average molecular weight is 343 g/mol. The molecular formula is C23H21NO2. The minimum absolute atomic E-state index is 0.218. The number of aryl methyl sites for hydroxylation is 1. The summed E-state index contributed by atoms with van der Waals surface area (Å²) >= 11 is 0. The van der Waals surface area contributed by atoms with E-state index >= 15 is 0 Å². The molecule has 0 aliphatic rings. The maximum Gasteiger partial charge on any atom is 0.127 e. The smallest absolute Gasteiger partial charge is 0.127 e. The van der Waals surface area contributed by atoms with Crippen molar-refractivity contribution in [1.29, 1.82) is 0 Å². The van der Waals surface area contributed by atoms with E-state index in [9.17, 15) is 0 Å². The normalized spacial score (nSPS) is 11.0. The number of nitrogens with one attached hydrogen (secondary N) is 1. The van der Waals surface area contributed by atoms with Crippen LogP contribution in [0.5, 0.6) is 11.5 Å². The van der Waals surface area contributed by atoms with E-state index in [1.54, 1.807) is 0 Å². The van der Waals surface area contributed by atoms with Crippen LogP contribution in [0.1, 0.15) is 12.0 Å². The van der Waals surface area contributed by atoms with Gasteiger partial charge in [-0.25, -0.2) is 0 Å². The second-order valence-electron chi connectivity index (χ2n) is 6.31. The fraction of sp³-hybridized carbons (Fsp3) is 0.130. The average Bonchev–Trinajstić information content (AvgIpc) is 3.11. The molecule has 0 saturated carbocycles. The van der Waals surface area contributed by atoms with E-state index in [0.717, 1.165) is 35.4 Å². The van der Waals surface area contributed by atoms with E-state index in [2.05, 4.69) is 41.5 Å². The molecule has 3 aromatic carbocycles. The molecule has 0 fully saturated rings. The number of ether oxygens (including phenoxy) is 1. The SMILES string of the molecule is OCCCc1c[nH]c2c(-c3ccc(Oc4ccccc4)cc3)cccc12. The molecule has 0 atom stereocenters. The van der Waals surface area contributed by atoms with Crippen molar-refractivity contribution >= 4 is 10.9 Å². The molecule has 2 N–H and O–H groups in total. The van der Waals surface area contributed by atoms with E-state index in [1.165, 1.54) is 16.5 Å². The van der Waals surface area contributed by atoms with Crippen molar-refractivity contribution in [2.75, 3.05) is 6.61 Å². The van der Waals surface area contributed by atoms with Gasteiger partial charge in [0.25, 0.3) is 0 Å². The first-order valence-corrected chi connectivity index (χ1v) is 8.88. The van der Waals surface area contributed by atoms with Crippen LogP contribution in [0.2, 0.25) is 0 Å². The highest BCUT2D eigenvalue weighted by molar-refractivity contribution is 5.96. The number of para-hydroxylation sites is 2. The first-order valence-electron chi connectivity index (χ1n) is 8.88. The fourth-order valence-electron chi connectivity index (χ4n) is 3.26. The van der Waals surface area contributed by atoms with E-state index in [-0.39, 0.29) is 6.61 Å². The zero-order chi connectivity index (χ0) is 17.8. The van der Waals surface area contributed by atoms with Gasteiger partial charge in [-0.15, -0.1) is 0 Å². The van der Waals surface area contributed by atoms with Crippen LogP contribution in [0.3, 0.4) is 0 Å². The molecule has 26 heavy (non-hydrogen) atoms. The lowest BCUT2D eigenvalue weighted by Crippen LogP contribution is -1.88. The van der Waals surface area contributed by atoms with Crippen LogP contribution >= 0.6 is 0 Å². The van der Waals surface area contributed by atoms with Crippen LogP contribution in [0, 0.1) is 0 Å². The van der Waals surface area contributed by atoms with Gasteiger partial charge in [-0.2, -0.15) is 0 Å². The number of rotatable bonds is 6. The Morgan fingerprint density at radius 2 is 1.58 bits per heavy atom. The summed E-state index contributed by atoms with van der Waals surface area (Å²) in [6.45, 7) is 0.218. The molecule has 3 heteroatoms. The summed E-state index contributed by atoms with van der Waals surface area (Å²) in [5.41, 5.74) is 4.70. The Morgan fingerprint density at radius 3 is 2.35 bits per heavy atom. The monoisotopic (exact) mass is 343 g/mol. The maximum absolute atomic E-state index is 9.08. The molecule has 4 rings (SSSR count). The molecule has 0 unspecified atom stereocenters. The predicted octanol–water partition coefficient (Wildman–Crippen LogP) is 5.55. The lowest BCUT2D eigenvalue weighted by Gasteiger charge is -2.08. The maximum atomic E-state index is 9.08. The molecule has 0 radical (unpaired) electrons. The minimum Gasteiger partial charge on any atom is -0.457 e. The quantitative estimate of drug-likeness (QED) is 0.482. The Hall–Kier alpha value is -3.04. The lowest BCUT2D eigenvalue weighted by atomic mass is 10.0. The second-order valence-corrected chi connectivity index (χ2v) is 6.31. The van der Waals surface area contributed by atoms with Gasteiger partial charge in [0.1, 0.15) is 11.5 Å². The molecule has 0 spiro atoms. The van der Waals surface area contributed by atoms with Gasteiger partial charge in [-0.3, -0.25) is 0 Å². The predicted molar refractivity (Wildman–Crippen MR) is 106 cm³/mol. The highest BCUT2D eigenvalue weighted by Crippen LogP contribution is 2.32. The number of aromatic nitrogens is 1. The Bertz CT molecular complexity index is 988. The summed E-state index contributed by atoms with van der Waals surface area (Å²) in [5.74, 6) is 1.66. The summed E-state index contributed by atoms with van der Waals surface area (Å²) in [7, 11) is 0. The van der Waals surface area contributed by atoms with E-state index in [4.69, 9.17) is 9.84 Å². The minimum atomic E-state index is 0.218. The van der Waals surface area contributed by atoms with E-state index in [0.29, 0.717) is 0 Å². The number of hydrogen-bond acceptors (Lipinski definition) is 2.